The maximum absolute atomic E-state index is 10.7. The summed E-state index contributed by atoms with van der Waals surface area (Å²) < 4.78 is 0. The molecule has 0 aliphatic heterocycles. The van der Waals surface area contributed by atoms with Crippen LogP contribution in [0.15, 0.2) is 24.3 Å². The number of allylic oxidation sites excluding steroid dienone is 4. The Hall–Kier alpha value is -0.850. The lowest BCUT2D eigenvalue weighted by Crippen LogP contribution is -2.25. The molecule has 0 N–H and O–H groups in total. The highest BCUT2D eigenvalue weighted by Crippen LogP contribution is 2.39. The van der Waals surface area contributed by atoms with Crippen LogP contribution in [0, 0.1) is 17.3 Å². The molecule has 84 valence electrons. The van der Waals surface area contributed by atoms with Gasteiger partial charge in [-0.05, 0) is 12.3 Å². The van der Waals surface area contributed by atoms with Crippen molar-refractivity contribution < 1.29 is 4.79 Å². The lowest BCUT2D eigenvalue weighted by molar-refractivity contribution is -0.109. The average Bonchev–Trinajstić information content (AvgIpc) is 2.27. The molecule has 0 atom stereocenters. The molecule has 0 saturated heterocycles. The van der Waals surface area contributed by atoms with Gasteiger partial charge in [0.2, 0.25) is 0 Å². The van der Waals surface area contributed by atoms with Crippen LogP contribution < -0.4 is 0 Å². The minimum Gasteiger partial charge on any atom is -0.302 e. The highest BCUT2D eigenvalue weighted by atomic mass is 16.1. The minimum atomic E-state index is -0.00139. The number of hydrogen-bond acceptors (Lipinski definition) is 1. The Morgan fingerprint density at radius 1 is 1.33 bits per heavy atom. The maximum Gasteiger partial charge on any atom is 0.130 e. The third kappa shape index (κ3) is 2.80. The van der Waals surface area contributed by atoms with E-state index in [-0.39, 0.29) is 11.3 Å². The molecule has 0 aromatic heterocycles. The van der Waals surface area contributed by atoms with E-state index >= 15 is 0 Å². The van der Waals surface area contributed by atoms with E-state index < -0.39 is 0 Å². The normalized spacial score (nSPS) is 29.7. The topological polar surface area (TPSA) is 17.1 Å². The molecule has 0 aromatic carbocycles. The third-order valence-corrected chi connectivity index (χ3v) is 3.45. The summed E-state index contributed by atoms with van der Waals surface area (Å²) in [4.78, 5) is 10.7. The molecule has 0 bridgehead atoms. The minimum absolute atomic E-state index is 0.00139. The molecule has 0 unspecified atom stereocenters. The summed E-state index contributed by atoms with van der Waals surface area (Å²) in [5.41, 5.74) is 0.190. The number of aldehydes is 1. The summed E-state index contributed by atoms with van der Waals surface area (Å²) in [6.07, 6.45) is 13.2. The molecule has 0 spiro atoms. The molecule has 1 aliphatic carbocycles. The zero-order valence-corrected chi connectivity index (χ0v) is 10.1. The van der Waals surface area contributed by atoms with Gasteiger partial charge < -0.3 is 4.79 Å². The van der Waals surface area contributed by atoms with E-state index in [1.165, 1.54) is 19.3 Å². The quantitative estimate of drug-likeness (QED) is 0.494. The Bertz CT molecular complexity index is 247. The molecule has 1 rings (SSSR count). The second-order valence-electron chi connectivity index (χ2n) is 4.80. The first kappa shape index (κ1) is 12.2. The van der Waals surface area contributed by atoms with Gasteiger partial charge in [-0.15, -0.1) is 0 Å². The van der Waals surface area contributed by atoms with Crippen molar-refractivity contribution in [1.29, 1.82) is 0 Å². The van der Waals surface area contributed by atoms with Crippen molar-refractivity contribution in [2.45, 2.75) is 40.0 Å². The van der Waals surface area contributed by atoms with Crippen LogP contribution in [0.2, 0.25) is 0 Å². The molecule has 0 radical (unpaired) electrons. The molecule has 0 saturated carbocycles. The van der Waals surface area contributed by atoms with Gasteiger partial charge >= 0.3 is 0 Å². The molecule has 1 nitrogen and oxygen atoms in total. The third-order valence-electron chi connectivity index (χ3n) is 3.45. The van der Waals surface area contributed by atoms with Crippen LogP contribution in [-0.4, -0.2) is 6.29 Å². The van der Waals surface area contributed by atoms with E-state index in [4.69, 9.17) is 0 Å². The molecular formula is C14H22O. The summed E-state index contributed by atoms with van der Waals surface area (Å²) in [5, 5.41) is 0. The smallest absolute Gasteiger partial charge is 0.130 e. The SMILES string of the molecule is CCCCC1(C(C)C)C=CC(C=O)C=C1. The van der Waals surface area contributed by atoms with Crippen molar-refractivity contribution >= 4 is 6.29 Å². The Kier molecular flexibility index (Phi) is 4.31. The molecule has 15 heavy (non-hydrogen) atoms. The molecule has 1 heteroatoms. The van der Waals surface area contributed by atoms with Crippen molar-refractivity contribution in [2.24, 2.45) is 17.3 Å². The van der Waals surface area contributed by atoms with E-state index in [1.54, 1.807) is 0 Å². The number of unbranched alkanes of at least 4 members (excludes halogenated alkanes) is 1. The highest BCUT2D eigenvalue weighted by molar-refractivity contribution is 5.60. The lowest BCUT2D eigenvalue weighted by Gasteiger charge is -2.34. The molecule has 0 aromatic rings. The van der Waals surface area contributed by atoms with Gasteiger partial charge in [0, 0.05) is 5.41 Å². The first-order chi connectivity index (χ1) is 7.14. The number of carbonyl (C=O) groups is 1. The largest absolute Gasteiger partial charge is 0.302 e. The van der Waals surface area contributed by atoms with Crippen molar-refractivity contribution in [1.82, 2.24) is 0 Å². The summed E-state index contributed by atoms with van der Waals surface area (Å²) in [6.45, 7) is 6.73. The van der Waals surface area contributed by atoms with Crippen molar-refractivity contribution in [3.05, 3.63) is 24.3 Å². The molecule has 0 amide bonds. The fourth-order valence-electron chi connectivity index (χ4n) is 2.11. The predicted octanol–water partition coefficient (Wildman–Crippen LogP) is 3.76. The zero-order valence-electron chi connectivity index (χ0n) is 10.1. The van der Waals surface area contributed by atoms with Gasteiger partial charge in [-0.25, -0.2) is 0 Å². The Morgan fingerprint density at radius 2 is 1.93 bits per heavy atom. The average molecular weight is 206 g/mol. The van der Waals surface area contributed by atoms with Gasteiger partial charge in [0.15, 0.2) is 0 Å². The van der Waals surface area contributed by atoms with Crippen molar-refractivity contribution in [3.63, 3.8) is 0 Å². The zero-order chi connectivity index (χ0) is 11.3. The fourth-order valence-corrected chi connectivity index (χ4v) is 2.11. The monoisotopic (exact) mass is 206 g/mol. The maximum atomic E-state index is 10.7. The van der Waals surface area contributed by atoms with E-state index in [1.807, 2.05) is 12.2 Å². The Labute approximate surface area is 93.3 Å². The van der Waals surface area contributed by atoms with Gasteiger partial charge in [0.05, 0.1) is 5.92 Å². The standard InChI is InChI=1S/C14H22O/c1-4-5-8-14(12(2)3)9-6-13(11-15)7-10-14/h6-7,9-13H,4-5,8H2,1-3H3. The summed E-state index contributed by atoms with van der Waals surface area (Å²) in [6, 6.07) is 0. The predicted molar refractivity (Wildman–Crippen MR) is 64.6 cm³/mol. The Balaban J connectivity index is 2.77. The molecule has 1 aliphatic rings. The van der Waals surface area contributed by atoms with E-state index in [0.717, 1.165) is 6.29 Å². The summed E-state index contributed by atoms with van der Waals surface area (Å²) in [5.74, 6) is 0.600. The Morgan fingerprint density at radius 3 is 2.33 bits per heavy atom. The summed E-state index contributed by atoms with van der Waals surface area (Å²) in [7, 11) is 0. The van der Waals surface area contributed by atoms with Crippen LogP contribution in [0.25, 0.3) is 0 Å². The molecule has 0 heterocycles. The van der Waals surface area contributed by atoms with Crippen LogP contribution >= 0.6 is 0 Å². The van der Waals surface area contributed by atoms with Crippen LogP contribution in [0.1, 0.15) is 40.0 Å². The summed E-state index contributed by atoms with van der Waals surface area (Å²) >= 11 is 0. The van der Waals surface area contributed by atoms with Gasteiger partial charge in [-0.2, -0.15) is 0 Å². The second-order valence-corrected chi connectivity index (χ2v) is 4.80. The van der Waals surface area contributed by atoms with Crippen LogP contribution in [-0.2, 0) is 4.79 Å². The van der Waals surface area contributed by atoms with Crippen molar-refractivity contribution in [2.75, 3.05) is 0 Å². The number of hydrogen-bond donors (Lipinski definition) is 0. The highest BCUT2D eigenvalue weighted by Gasteiger charge is 2.29. The van der Waals surface area contributed by atoms with Gasteiger partial charge in [0.25, 0.3) is 0 Å². The van der Waals surface area contributed by atoms with E-state index in [0.29, 0.717) is 5.92 Å². The van der Waals surface area contributed by atoms with Crippen LogP contribution in [0.5, 0.6) is 0 Å². The molecule has 0 fully saturated rings. The van der Waals surface area contributed by atoms with E-state index in [9.17, 15) is 4.79 Å². The number of carbonyl (C=O) groups excluding carboxylic acids is 1. The lowest BCUT2D eigenvalue weighted by atomic mass is 9.70. The first-order valence-corrected chi connectivity index (χ1v) is 5.98. The van der Waals surface area contributed by atoms with Gasteiger partial charge in [-0.1, -0.05) is 57.9 Å². The molecular weight excluding hydrogens is 184 g/mol. The fraction of sp³-hybridized carbons (Fsp3) is 0.643. The second kappa shape index (κ2) is 5.29. The van der Waals surface area contributed by atoms with Crippen LogP contribution in [0.3, 0.4) is 0 Å². The van der Waals surface area contributed by atoms with Crippen LogP contribution in [0.4, 0.5) is 0 Å². The van der Waals surface area contributed by atoms with Crippen molar-refractivity contribution in [3.8, 4) is 0 Å². The van der Waals surface area contributed by atoms with Gasteiger partial charge in [0.1, 0.15) is 6.29 Å². The number of rotatable bonds is 5. The van der Waals surface area contributed by atoms with E-state index in [2.05, 4.69) is 32.9 Å². The first-order valence-electron chi connectivity index (χ1n) is 5.98. The van der Waals surface area contributed by atoms with Gasteiger partial charge in [-0.3, -0.25) is 0 Å².